The highest BCUT2D eigenvalue weighted by Crippen LogP contribution is 2.38. The van der Waals surface area contributed by atoms with Crippen LogP contribution in [-0.2, 0) is 9.47 Å². The van der Waals surface area contributed by atoms with Gasteiger partial charge >= 0.3 is 0 Å². The van der Waals surface area contributed by atoms with Gasteiger partial charge in [-0.15, -0.1) is 6.42 Å². The van der Waals surface area contributed by atoms with Crippen LogP contribution in [0.2, 0.25) is 0 Å². The third kappa shape index (κ3) is 2.49. The Morgan fingerprint density at radius 1 is 1.41 bits per heavy atom. The fraction of sp³-hybridized carbons (Fsp3) is 0.857. The summed E-state index contributed by atoms with van der Waals surface area (Å²) in [6.07, 6.45) is 6.43. The van der Waals surface area contributed by atoms with Crippen molar-refractivity contribution in [3.8, 4) is 12.3 Å². The van der Waals surface area contributed by atoms with Crippen LogP contribution in [0, 0.1) is 24.2 Å². The molecule has 0 aromatic heterocycles. The van der Waals surface area contributed by atoms with Gasteiger partial charge in [-0.2, -0.15) is 0 Å². The van der Waals surface area contributed by atoms with Crippen LogP contribution in [0.25, 0.3) is 0 Å². The van der Waals surface area contributed by atoms with E-state index in [4.69, 9.17) is 21.6 Å². The van der Waals surface area contributed by atoms with Gasteiger partial charge in [-0.3, -0.25) is 0 Å². The quantitative estimate of drug-likeness (QED) is 0.761. The highest BCUT2D eigenvalue weighted by atomic mass is 16.6. The lowest BCUT2D eigenvalue weighted by molar-refractivity contribution is -0.0642. The van der Waals surface area contributed by atoms with Gasteiger partial charge in [0, 0.05) is 7.11 Å². The minimum Gasteiger partial charge on any atom is -0.369 e. The maximum Gasteiger partial charge on any atom is 0.171 e. The van der Waals surface area contributed by atoms with E-state index in [0.29, 0.717) is 5.92 Å². The van der Waals surface area contributed by atoms with Gasteiger partial charge in [0.05, 0.1) is 12.1 Å². The lowest BCUT2D eigenvalue weighted by Gasteiger charge is -2.32. The van der Waals surface area contributed by atoms with Crippen molar-refractivity contribution in [2.24, 2.45) is 17.6 Å². The Hall–Kier alpha value is -0.560. The Bertz CT molecular complexity index is 295. The average Bonchev–Trinajstić information content (AvgIpc) is 2.53. The van der Waals surface area contributed by atoms with E-state index in [2.05, 4.69) is 33.6 Å². The molecule has 0 saturated carbocycles. The van der Waals surface area contributed by atoms with Gasteiger partial charge in [0.25, 0.3) is 0 Å². The van der Waals surface area contributed by atoms with Gasteiger partial charge in [-0.1, -0.05) is 33.6 Å². The largest absolute Gasteiger partial charge is 0.369 e. The first-order valence-corrected chi connectivity index (χ1v) is 6.33. The van der Waals surface area contributed by atoms with E-state index in [9.17, 15) is 0 Å². The number of rotatable bonds is 4. The van der Waals surface area contributed by atoms with E-state index < -0.39 is 5.60 Å². The molecule has 0 aromatic carbocycles. The van der Waals surface area contributed by atoms with Crippen molar-refractivity contribution < 1.29 is 9.47 Å². The molecule has 98 valence electrons. The summed E-state index contributed by atoms with van der Waals surface area (Å²) < 4.78 is 11.6. The molecule has 0 amide bonds. The van der Waals surface area contributed by atoms with E-state index in [0.717, 1.165) is 6.42 Å². The molecule has 1 fully saturated rings. The van der Waals surface area contributed by atoms with Crippen molar-refractivity contribution in [2.75, 3.05) is 7.11 Å². The Morgan fingerprint density at radius 2 is 2.00 bits per heavy atom. The van der Waals surface area contributed by atoms with Gasteiger partial charge in [-0.05, 0) is 18.3 Å². The molecular formula is C14H25NO2. The van der Waals surface area contributed by atoms with Crippen LogP contribution < -0.4 is 5.73 Å². The molecule has 0 spiro atoms. The van der Waals surface area contributed by atoms with E-state index in [-0.39, 0.29) is 24.2 Å². The van der Waals surface area contributed by atoms with E-state index in [1.165, 1.54) is 0 Å². The molecular weight excluding hydrogens is 214 g/mol. The molecule has 1 aliphatic heterocycles. The third-order valence-corrected chi connectivity index (χ3v) is 3.51. The maximum atomic E-state index is 6.26. The smallest absolute Gasteiger partial charge is 0.171 e. The van der Waals surface area contributed by atoms with Gasteiger partial charge in [-0.25, -0.2) is 0 Å². The Labute approximate surface area is 105 Å². The molecule has 2 N–H and O–H groups in total. The molecule has 0 aromatic rings. The monoisotopic (exact) mass is 239 g/mol. The Kier molecular flexibility index (Phi) is 4.60. The van der Waals surface area contributed by atoms with Gasteiger partial charge in [0.2, 0.25) is 0 Å². The van der Waals surface area contributed by atoms with Gasteiger partial charge in [0.15, 0.2) is 5.60 Å². The third-order valence-electron chi connectivity index (χ3n) is 3.51. The number of nitrogens with two attached hydrogens (primary N) is 1. The fourth-order valence-corrected chi connectivity index (χ4v) is 2.65. The Morgan fingerprint density at radius 3 is 2.29 bits per heavy atom. The molecule has 4 atom stereocenters. The number of hydrogen-bond acceptors (Lipinski definition) is 3. The number of ether oxygens (including phenoxy) is 2. The summed E-state index contributed by atoms with van der Waals surface area (Å²) in [4.78, 5) is 0. The summed E-state index contributed by atoms with van der Waals surface area (Å²) in [6.45, 7) is 8.48. The number of terminal acetylenes is 1. The summed E-state index contributed by atoms with van der Waals surface area (Å²) in [5.74, 6) is 3.56. The maximum absolute atomic E-state index is 6.26. The van der Waals surface area contributed by atoms with Crippen LogP contribution in [0.15, 0.2) is 0 Å². The molecule has 0 unspecified atom stereocenters. The lowest BCUT2D eigenvalue weighted by atomic mass is 9.83. The molecule has 0 aliphatic carbocycles. The topological polar surface area (TPSA) is 44.5 Å². The SMILES string of the molecule is C#C[C@@]1(OC)[C@H](N)[C@@H](CC(C)C)O[C@H]1C(C)C. The van der Waals surface area contributed by atoms with Crippen LogP contribution >= 0.6 is 0 Å². The first-order valence-electron chi connectivity index (χ1n) is 6.33. The van der Waals surface area contributed by atoms with E-state index in [1.54, 1.807) is 7.11 Å². The van der Waals surface area contributed by atoms with E-state index in [1.807, 2.05) is 0 Å². The van der Waals surface area contributed by atoms with Crippen LogP contribution in [0.5, 0.6) is 0 Å². The normalized spacial score (nSPS) is 37.7. The average molecular weight is 239 g/mol. The minimum absolute atomic E-state index is 0.0154. The summed E-state index contributed by atoms with van der Waals surface area (Å²) >= 11 is 0. The first-order chi connectivity index (χ1) is 7.89. The second kappa shape index (κ2) is 5.39. The highest BCUT2D eigenvalue weighted by molar-refractivity contribution is 5.23. The highest BCUT2D eigenvalue weighted by Gasteiger charge is 2.55. The first kappa shape index (κ1) is 14.5. The number of methoxy groups -OCH3 is 1. The van der Waals surface area contributed by atoms with Crippen molar-refractivity contribution in [1.29, 1.82) is 0 Å². The van der Waals surface area contributed by atoms with Crippen molar-refractivity contribution in [2.45, 2.75) is 58.0 Å². The molecule has 1 saturated heterocycles. The summed E-state index contributed by atoms with van der Waals surface area (Å²) in [7, 11) is 1.62. The standard InChI is InChI=1S/C14H25NO2/c1-7-14(16-6)12(15)11(8-9(2)3)17-13(14)10(4)5/h1,9-13H,8,15H2,2-6H3/t11-,12-,13+,14-/m1/s1. The molecule has 0 radical (unpaired) electrons. The van der Waals surface area contributed by atoms with Crippen LogP contribution in [-0.4, -0.2) is 31.0 Å². The molecule has 3 nitrogen and oxygen atoms in total. The second-order valence-electron chi connectivity index (χ2n) is 5.64. The zero-order valence-electron chi connectivity index (χ0n) is 11.6. The van der Waals surface area contributed by atoms with Crippen molar-refractivity contribution in [1.82, 2.24) is 0 Å². The van der Waals surface area contributed by atoms with Crippen LogP contribution in [0.1, 0.15) is 34.1 Å². The molecule has 1 rings (SSSR count). The zero-order valence-corrected chi connectivity index (χ0v) is 11.6. The summed E-state index contributed by atoms with van der Waals surface area (Å²) in [5, 5.41) is 0. The van der Waals surface area contributed by atoms with Gasteiger partial charge in [0.1, 0.15) is 6.10 Å². The molecule has 17 heavy (non-hydrogen) atoms. The molecule has 1 aliphatic rings. The molecule has 1 heterocycles. The van der Waals surface area contributed by atoms with Crippen LogP contribution in [0.3, 0.4) is 0 Å². The number of hydrogen-bond donors (Lipinski definition) is 1. The zero-order chi connectivity index (χ0) is 13.2. The predicted molar refractivity (Wildman–Crippen MR) is 69.5 cm³/mol. The van der Waals surface area contributed by atoms with Gasteiger partial charge < -0.3 is 15.2 Å². The predicted octanol–water partition coefficient (Wildman–Crippen LogP) is 1.80. The van der Waals surface area contributed by atoms with E-state index >= 15 is 0 Å². The summed E-state index contributed by atoms with van der Waals surface area (Å²) in [6, 6.07) is -0.257. The fourth-order valence-electron chi connectivity index (χ4n) is 2.65. The molecule has 3 heteroatoms. The second-order valence-corrected chi connectivity index (χ2v) is 5.64. The van der Waals surface area contributed by atoms with Crippen molar-refractivity contribution in [3.05, 3.63) is 0 Å². The summed E-state index contributed by atoms with van der Waals surface area (Å²) in [5.41, 5.74) is 5.48. The van der Waals surface area contributed by atoms with Crippen molar-refractivity contribution in [3.63, 3.8) is 0 Å². The van der Waals surface area contributed by atoms with Crippen LogP contribution in [0.4, 0.5) is 0 Å². The van der Waals surface area contributed by atoms with Crippen molar-refractivity contribution >= 4 is 0 Å². The Balaban J connectivity index is 2.98. The lowest BCUT2D eigenvalue weighted by Crippen LogP contribution is -2.54. The molecule has 0 bridgehead atoms. The minimum atomic E-state index is -0.784.